The number of anilines is 1. The van der Waals surface area contributed by atoms with Gasteiger partial charge in [0.1, 0.15) is 0 Å². The van der Waals surface area contributed by atoms with E-state index in [0.29, 0.717) is 5.52 Å². The van der Waals surface area contributed by atoms with Crippen molar-refractivity contribution < 1.29 is 41.9 Å². The zero-order valence-corrected chi connectivity index (χ0v) is 10.8. The molecule has 0 aliphatic carbocycles. The molecule has 0 fully saturated rings. The first-order chi connectivity index (χ1) is 8.79. The van der Waals surface area contributed by atoms with E-state index in [1.807, 2.05) is 0 Å². The van der Waals surface area contributed by atoms with Crippen molar-refractivity contribution in [1.29, 1.82) is 0 Å². The van der Waals surface area contributed by atoms with Crippen molar-refractivity contribution in [2.45, 2.75) is 6.18 Å². The zero-order chi connectivity index (χ0) is 14.2. The summed E-state index contributed by atoms with van der Waals surface area (Å²) in [6.07, 6.45) is -4.46. The number of nitrogens with one attached hydrogen (secondary N) is 1. The fourth-order valence-electron chi connectivity index (χ4n) is 1.73. The minimum atomic E-state index is -4.46. The number of carboxylic acid groups (broad SMARTS) is 1. The van der Waals surface area contributed by atoms with Gasteiger partial charge in [-0.1, -0.05) is 0 Å². The summed E-state index contributed by atoms with van der Waals surface area (Å²) in [7, 11) is 1.56. The summed E-state index contributed by atoms with van der Waals surface area (Å²) in [5.41, 5.74) is -0.349. The Kier molecular flexibility index (Phi) is 4.73. The second kappa shape index (κ2) is 5.77. The first-order valence-corrected chi connectivity index (χ1v) is 5.26. The maximum Gasteiger partial charge on any atom is 1.00 e. The number of aromatic nitrogens is 2. The Bertz CT molecular complexity index is 640. The average molecular weight is 279 g/mol. The first kappa shape index (κ1) is 16.4. The van der Waals surface area contributed by atoms with Crippen molar-refractivity contribution in [1.82, 2.24) is 9.78 Å². The third-order valence-corrected chi connectivity index (χ3v) is 2.58. The van der Waals surface area contributed by atoms with E-state index < -0.39 is 24.3 Å². The number of hydrogen-bond donors (Lipinski definition) is 1. The van der Waals surface area contributed by atoms with Crippen molar-refractivity contribution in [3.63, 3.8) is 0 Å². The molecule has 0 spiro atoms. The Morgan fingerprint density at radius 3 is 2.65 bits per heavy atom. The molecule has 0 bridgehead atoms. The van der Waals surface area contributed by atoms with Crippen molar-refractivity contribution in [2.24, 2.45) is 7.05 Å². The summed E-state index contributed by atoms with van der Waals surface area (Å²) in [6.45, 7) is -0.525. The van der Waals surface area contributed by atoms with Crippen LogP contribution in [0.2, 0.25) is 0 Å². The minimum Gasteiger partial charge on any atom is -0.548 e. The number of hydrogen-bond acceptors (Lipinski definition) is 4. The number of halogens is 3. The van der Waals surface area contributed by atoms with Crippen LogP contribution in [0.25, 0.3) is 10.9 Å². The van der Waals surface area contributed by atoms with E-state index in [1.165, 1.54) is 10.7 Å². The molecule has 0 unspecified atom stereocenters. The molecule has 2 rings (SSSR count). The number of benzene rings is 1. The fraction of sp³-hybridized carbons (Fsp3) is 0.273. The van der Waals surface area contributed by atoms with Gasteiger partial charge in [-0.2, -0.15) is 18.3 Å². The molecular weight excluding hydrogens is 270 g/mol. The van der Waals surface area contributed by atoms with E-state index >= 15 is 0 Å². The maximum atomic E-state index is 12.6. The van der Waals surface area contributed by atoms with E-state index in [2.05, 4.69) is 10.4 Å². The maximum absolute atomic E-state index is 12.6. The number of carboxylic acids is 1. The first-order valence-electron chi connectivity index (χ1n) is 5.26. The molecule has 1 N–H and O–H groups in total. The molecule has 0 atom stereocenters. The van der Waals surface area contributed by atoms with Gasteiger partial charge in [0.05, 0.1) is 23.6 Å². The van der Waals surface area contributed by atoms with Crippen LogP contribution in [-0.4, -0.2) is 22.3 Å². The number of fused-ring (bicyclic) bond motifs is 1. The van der Waals surface area contributed by atoms with E-state index in [9.17, 15) is 23.1 Å². The van der Waals surface area contributed by atoms with Gasteiger partial charge >= 0.3 is 25.0 Å². The van der Waals surface area contributed by atoms with Gasteiger partial charge in [0.2, 0.25) is 0 Å². The summed E-state index contributed by atoms with van der Waals surface area (Å²) in [5, 5.41) is 16.9. The average Bonchev–Trinajstić information content (AvgIpc) is 2.62. The van der Waals surface area contributed by atoms with Crippen LogP contribution in [0.3, 0.4) is 0 Å². The molecule has 0 saturated carbocycles. The number of alkyl halides is 3. The fourth-order valence-corrected chi connectivity index (χ4v) is 1.73. The van der Waals surface area contributed by atoms with Crippen LogP contribution < -0.4 is 29.3 Å². The Labute approximate surface area is 123 Å². The number of aliphatic carboxylic acids is 1. The van der Waals surface area contributed by atoms with Gasteiger partial charge in [0, 0.05) is 12.4 Å². The van der Waals surface area contributed by atoms with Gasteiger partial charge in [-0.15, -0.1) is 0 Å². The van der Waals surface area contributed by atoms with Crippen LogP contribution in [-0.2, 0) is 18.0 Å². The van der Waals surface area contributed by atoms with Crippen LogP contribution in [0.15, 0.2) is 18.2 Å². The standard InChI is InChI=1S/C11H10F3N3O2.Li/c1-17-8-3-2-6(11(12,13)14)4-7(8)10(16-17)15-5-9(18)19;/h2-4H,5H2,1H3,(H,15,16)(H,18,19);/q;+1/p-1. The second-order valence-electron chi connectivity index (χ2n) is 3.93. The molecule has 0 saturated heterocycles. The van der Waals surface area contributed by atoms with Crippen LogP contribution in [0, 0.1) is 0 Å². The smallest absolute Gasteiger partial charge is 0.548 e. The number of nitrogens with zero attached hydrogens (tertiary/aromatic N) is 2. The Hall–Kier alpha value is -1.65. The van der Waals surface area contributed by atoms with Crippen molar-refractivity contribution in [3.05, 3.63) is 23.8 Å². The van der Waals surface area contributed by atoms with E-state index in [1.54, 1.807) is 7.05 Å². The second-order valence-corrected chi connectivity index (χ2v) is 3.93. The molecule has 0 amide bonds. The zero-order valence-electron chi connectivity index (χ0n) is 10.8. The molecule has 9 heteroatoms. The predicted octanol–water partition coefficient (Wildman–Crippen LogP) is -2.24. The molecule has 20 heavy (non-hydrogen) atoms. The molecule has 0 aliphatic rings. The van der Waals surface area contributed by atoms with Gasteiger partial charge in [-0.3, -0.25) is 4.68 Å². The SMILES string of the molecule is Cn1nc(NCC(=O)[O-])c2cc(C(F)(F)F)ccc21.[Li+]. The molecule has 2 aromatic rings. The molecule has 1 aromatic heterocycles. The van der Waals surface area contributed by atoms with Gasteiger partial charge in [0.15, 0.2) is 5.82 Å². The summed E-state index contributed by atoms with van der Waals surface area (Å²) in [6, 6.07) is 3.17. The Morgan fingerprint density at radius 2 is 2.10 bits per heavy atom. The van der Waals surface area contributed by atoms with Crippen LogP contribution in [0.5, 0.6) is 0 Å². The van der Waals surface area contributed by atoms with Crippen LogP contribution in [0.4, 0.5) is 19.0 Å². The van der Waals surface area contributed by atoms with Gasteiger partial charge in [-0.25, -0.2) is 0 Å². The largest absolute Gasteiger partial charge is 1.00 e. The van der Waals surface area contributed by atoms with Crippen molar-refractivity contribution in [3.8, 4) is 0 Å². The molecule has 5 nitrogen and oxygen atoms in total. The van der Waals surface area contributed by atoms with E-state index in [4.69, 9.17) is 0 Å². The summed E-state index contributed by atoms with van der Waals surface area (Å²) < 4.78 is 39.2. The molecule has 0 aliphatic heterocycles. The molecule has 102 valence electrons. The van der Waals surface area contributed by atoms with Crippen LogP contribution in [0.1, 0.15) is 5.56 Å². The summed E-state index contributed by atoms with van der Waals surface area (Å²) >= 11 is 0. The molecule has 0 radical (unpaired) electrons. The third kappa shape index (κ3) is 3.26. The normalized spacial score (nSPS) is 11.2. The molecular formula is C11H9F3LiN3O2. The van der Waals surface area contributed by atoms with E-state index in [-0.39, 0.29) is 30.1 Å². The van der Waals surface area contributed by atoms with Crippen LogP contribution >= 0.6 is 0 Å². The van der Waals surface area contributed by atoms with Gasteiger partial charge in [0.25, 0.3) is 0 Å². The Balaban J connectivity index is 0.00000200. The number of carbonyl (C=O) groups excluding carboxylic acids is 1. The van der Waals surface area contributed by atoms with Crippen molar-refractivity contribution >= 4 is 22.7 Å². The number of aryl methyl sites for hydroxylation is 1. The number of rotatable bonds is 3. The third-order valence-electron chi connectivity index (χ3n) is 2.58. The summed E-state index contributed by atoms with van der Waals surface area (Å²) in [4.78, 5) is 10.4. The monoisotopic (exact) mass is 279 g/mol. The topological polar surface area (TPSA) is 70.0 Å². The van der Waals surface area contributed by atoms with Crippen molar-refractivity contribution in [2.75, 3.05) is 11.9 Å². The minimum absolute atomic E-state index is 0. The predicted molar refractivity (Wildman–Crippen MR) is 59.2 cm³/mol. The van der Waals surface area contributed by atoms with Gasteiger partial charge in [-0.05, 0) is 18.2 Å². The molecule has 1 heterocycles. The Morgan fingerprint density at radius 1 is 1.45 bits per heavy atom. The number of carbonyl (C=O) groups is 1. The quantitative estimate of drug-likeness (QED) is 0.645. The van der Waals surface area contributed by atoms with E-state index in [0.717, 1.165) is 12.1 Å². The van der Waals surface area contributed by atoms with Gasteiger partial charge < -0.3 is 15.2 Å². The molecule has 1 aromatic carbocycles. The summed E-state index contributed by atoms with van der Waals surface area (Å²) in [5.74, 6) is -1.29.